The number of likely N-dealkylation sites (N-methyl/N-ethyl adjacent to an activating group) is 1. The lowest BCUT2D eigenvalue weighted by Gasteiger charge is -2.13. The van der Waals surface area contributed by atoms with Gasteiger partial charge in [-0.05, 0) is 24.1 Å². The maximum atomic E-state index is 11.5. The van der Waals surface area contributed by atoms with Crippen LogP contribution in [0.5, 0.6) is 5.75 Å². The van der Waals surface area contributed by atoms with Gasteiger partial charge in [-0.15, -0.1) is 24.0 Å². The van der Waals surface area contributed by atoms with Crippen molar-refractivity contribution in [3.8, 4) is 5.75 Å². The van der Waals surface area contributed by atoms with Crippen molar-refractivity contribution in [2.75, 3.05) is 34.3 Å². The van der Waals surface area contributed by atoms with Gasteiger partial charge >= 0.3 is 0 Å². The van der Waals surface area contributed by atoms with E-state index in [1.165, 1.54) is 4.90 Å². The first-order valence-corrected chi connectivity index (χ1v) is 7.43. The molecule has 0 unspecified atom stereocenters. The molecule has 0 saturated heterocycles. The minimum Gasteiger partial charge on any atom is -0.484 e. The van der Waals surface area contributed by atoms with Gasteiger partial charge in [-0.25, -0.2) is 0 Å². The maximum Gasteiger partial charge on any atom is 0.259 e. The molecule has 0 heterocycles. The first-order valence-electron chi connectivity index (χ1n) is 7.43. The van der Waals surface area contributed by atoms with E-state index in [-0.39, 0.29) is 36.5 Å². The Bertz CT molecular complexity index is 507. The van der Waals surface area contributed by atoms with Crippen LogP contribution in [0.25, 0.3) is 0 Å². The van der Waals surface area contributed by atoms with Crippen LogP contribution < -0.4 is 15.4 Å². The van der Waals surface area contributed by atoms with Crippen molar-refractivity contribution in [2.45, 2.75) is 19.9 Å². The largest absolute Gasteiger partial charge is 0.484 e. The highest BCUT2D eigenvalue weighted by Crippen LogP contribution is 2.13. The summed E-state index contributed by atoms with van der Waals surface area (Å²) in [4.78, 5) is 17.2. The van der Waals surface area contributed by atoms with Gasteiger partial charge in [-0.3, -0.25) is 9.79 Å². The second-order valence-corrected chi connectivity index (χ2v) is 5.08. The molecule has 130 valence electrons. The van der Waals surface area contributed by atoms with Crippen LogP contribution in [-0.4, -0.2) is 51.1 Å². The summed E-state index contributed by atoms with van der Waals surface area (Å²) >= 11 is 0. The van der Waals surface area contributed by atoms with E-state index in [4.69, 9.17) is 4.74 Å². The number of amides is 1. The SMILES string of the molecule is CCCNC(=NC)NCc1cccc(OCC(=O)N(C)C)c1.I. The smallest absolute Gasteiger partial charge is 0.259 e. The molecule has 1 aromatic rings. The van der Waals surface area contributed by atoms with Crippen LogP contribution in [0.3, 0.4) is 0 Å². The second-order valence-electron chi connectivity index (χ2n) is 5.08. The molecule has 1 aromatic carbocycles. The second kappa shape index (κ2) is 12.0. The number of carbonyl (C=O) groups excluding carboxylic acids is 1. The lowest BCUT2D eigenvalue weighted by Crippen LogP contribution is -2.37. The molecule has 0 aliphatic heterocycles. The van der Waals surface area contributed by atoms with E-state index >= 15 is 0 Å². The Morgan fingerprint density at radius 3 is 2.65 bits per heavy atom. The van der Waals surface area contributed by atoms with E-state index in [0.29, 0.717) is 12.3 Å². The van der Waals surface area contributed by atoms with Crippen LogP contribution in [0, 0.1) is 0 Å². The van der Waals surface area contributed by atoms with Crippen molar-refractivity contribution in [2.24, 2.45) is 4.99 Å². The summed E-state index contributed by atoms with van der Waals surface area (Å²) in [5, 5.41) is 6.45. The fraction of sp³-hybridized carbons (Fsp3) is 0.500. The van der Waals surface area contributed by atoms with Crippen LogP contribution in [0.2, 0.25) is 0 Å². The fourth-order valence-corrected chi connectivity index (χ4v) is 1.67. The summed E-state index contributed by atoms with van der Waals surface area (Å²) in [5.41, 5.74) is 1.06. The highest BCUT2D eigenvalue weighted by Gasteiger charge is 2.05. The van der Waals surface area contributed by atoms with Crippen LogP contribution >= 0.6 is 24.0 Å². The summed E-state index contributed by atoms with van der Waals surface area (Å²) in [6.07, 6.45) is 1.05. The monoisotopic (exact) mass is 434 g/mol. The molecule has 6 nitrogen and oxygen atoms in total. The zero-order chi connectivity index (χ0) is 16.4. The van der Waals surface area contributed by atoms with Crippen molar-refractivity contribution in [3.63, 3.8) is 0 Å². The summed E-state index contributed by atoms with van der Waals surface area (Å²) in [6, 6.07) is 7.68. The zero-order valence-electron chi connectivity index (χ0n) is 14.3. The Labute approximate surface area is 155 Å². The highest BCUT2D eigenvalue weighted by atomic mass is 127. The first-order chi connectivity index (χ1) is 10.6. The average Bonchev–Trinajstić information content (AvgIpc) is 2.53. The van der Waals surface area contributed by atoms with Gasteiger partial charge in [-0.2, -0.15) is 0 Å². The van der Waals surface area contributed by atoms with Gasteiger partial charge in [0.2, 0.25) is 0 Å². The molecule has 7 heteroatoms. The van der Waals surface area contributed by atoms with E-state index in [0.717, 1.165) is 24.5 Å². The molecule has 0 atom stereocenters. The first kappa shape index (κ1) is 21.5. The predicted octanol–water partition coefficient (Wildman–Crippen LogP) is 1.85. The minimum absolute atomic E-state index is 0. The number of halogens is 1. The molecule has 0 aliphatic carbocycles. The topological polar surface area (TPSA) is 66.0 Å². The number of guanidine groups is 1. The lowest BCUT2D eigenvalue weighted by atomic mass is 10.2. The molecule has 0 bridgehead atoms. The molecule has 2 N–H and O–H groups in total. The molecule has 0 aromatic heterocycles. The molecule has 1 amide bonds. The van der Waals surface area contributed by atoms with Crippen molar-refractivity contribution in [1.82, 2.24) is 15.5 Å². The third-order valence-electron chi connectivity index (χ3n) is 2.99. The molecular formula is C16H27IN4O2. The summed E-state index contributed by atoms with van der Waals surface area (Å²) < 4.78 is 5.50. The molecular weight excluding hydrogens is 407 g/mol. The van der Waals surface area contributed by atoms with Crippen LogP contribution in [0.1, 0.15) is 18.9 Å². The molecule has 0 radical (unpaired) electrons. The van der Waals surface area contributed by atoms with Gasteiger partial charge in [0.25, 0.3) is 5.91 Å². The normalized spacial score (nSPS) is 10.5. The van der Waals surface area contributed by atoms with E-state index < -0.39 is 0 Å². The van der Waals surface area contributed by atoms with Crippen LogP contribution in [-0.2, 0) is 11.3 Å². The lowest BCUT2D eigenvalue weighted by molar-refractivity contribution is -0.130. The predicted molar refractivity (Wildman–Crippen MR) is 105 cm³/mol. The average molecular weight is 434 g/mol. The van der Waals surface area contributed by atoms with Gasteiger partial charge in [0.15, 0.2) is 12.6 Å². The summed E-state index contributed by atoms with van der Waals surface area (Å²) in [5.74, 6) is 1.40. The van der Waals surface area contributed by atoms with Crippen molar-refractivity contribution < 1.29 is 9.53 Å². The van der Waals surface area contributed by atoms with Gasteiger partial charge in [0.05, 0.1) is 0 Å². The van der Waals surface area contributed by atoms with Crippen molar-refractivity contribution in [3.05, 3.63) is 29.8 Å². The molecule has 0 saturated carbocycles. The van der Waals surface area contributed by atoms with Gasteiger partial charge in [0.1, 0.15) is 5.75 Å². The molecule has 0 fully saturated rings. The molecule has 0 aliphatic rings. The number of nitrogens with zero attached hydrogens (tertiary/aromatic N) is 2. The van der Waals surface area contributed by atoms with Crippen molar-refractivity contribution >= 4 is 35.8 Å². The van der Waals surface area contributed by atoms with E-state index in [9.17, 15) is 4.79 Å². The quantitative estimate of drug-likeness (QED) is 0.391. The van der Waals surface area contributed by atoms with Gasteiger partial charge < -0.3 is 20.3 Å². The third kappa shape index (κ3) is 8.63. The van der Waals surface area contributed by atoms with Crippen LogP contribution in [0.4, 0.5) is 0 Å². The molecule has 0 spiro atoms. The summed E-state index contributed by atoms with van der Waals surface area (Å²) in [6.45, 7) is 3.68. The van der Waals surface area contributed by atoms with E-state index in [2.05, 4.69) is 22.5 Å². The highest BCUT2D eigenvalue weighted by molar-refractivity contribution is 14.0. The Balaban J connectivity index is 0.00000484. The number of nitrogens with one attached hydrogen (secondary N) is 2. The molecule has 1 rings (SSSR count). The summed E-state index contributed by atoms with van der Waals surface area (Å²) in [7, 11) is 5.17. The Kier molecular flexibility index (Phi) is 11.2. The minimum atomic E-state index is -0.0623. The number of hydrogen-bond donors (Lipinski definition) is 2. The number of carbonyl (C=O) groups is 1. The number of ether oxygens (including phenoxy) is 1. The number of hydrogen-bond acceptors (Lipinski definition) is 3. The fourth-order valence-electron chi connectivity index (χ4n) is 1.67. The van der Waals surface area contributed by atoms with Gasteiger partial charge in [0, 0.05) is 34.2 Å². The van der Waals surface area contributed by atoms with Crippen molar-refractivity contribution in [1.29, 1.82) is 0 Å². The number of benzene rings is 1. The van der Waals surface area contributed by atoms with E-state index in [1.54, 1.807) is 21.1 Å². The maximum absolute atomic E-state index is 11.5. The number of aliphatic imine (C=N–C) groups is 1. The Hall–Kier alpha value is -1.51. The third-order valence-corrected chi connectivity index (χ3v) is 2.99. The Morgan fingerprint density at radius 2 is 2.04 bits per heavy atom. The zero-order valence-corrected chi connectivity index (χ0v) is 16.6. The standard InChI is InChI=1S/C16H26N4O2.HI/c1-5-9-18-16(17-2)19-11-13-7-6-8-14(10-13)22-12-15(21)20(3)4;/h6-8,10H,5,9,11-12H2,1-4H3,(H2,17,18,19);1H. The Morgan fingerprint density at radius 1 is 1.30 bits per heavy atom. The number of rotatable bonds is 7. The van der Waals surface area contributed by atoms with Gasteiger partial charge in [-0.1, -0.05) is 19.1 Å². The molecule has 23 heavy (non-hydrogen) atoms. The van der Waals surface area contributed by atoms with Crippen LogP contribution in [0.15, 0.2) is 29.3 Å². The van der Waals surface area contributed by atoms with E-state index in [1.807, 2.05) is 24.3 Å².